The van der Waals surface area contributed by atoms with Crippen LogP contribution in [0.2, 0.25) is 0 Å². The fourth-order valence-corrected chi connectivity index (χ4v) is 7.52. The highest BCUT2D eigenvalue weighted by atomic mass is 19.4. The van der Waals surface area contributed by atoms with Gasteiger partial charge in [0.05, 0.1) is 24.0 Å². The SMILES string of the molecule is COc1cc(C(=O)N2CC3CCC2[C@@H]3N)cc2nc(-c3cc4ccc(-c5cccc(O)c5C(F)(F)F)nc4n3CC3CC3)n(C)c12. The molecule has 4 heterocycles. The van der Waals surface area contributed by atoms with E-state index in [-0.39, 0.29) is 29.2 Å². The molecular formula is C34H33F3N6O3. The molecule has 8 rings (SSSR count). The van der Waals surface area contributed by atoms with Crippen LogP contribution in [-0.4, -0.2) is 60.8 Å². The number of alkyl halides is 3. The van der Waals surface area contributed by atoms with Crippen LogP contribution in [0.5, 0.6) is 11.5 Å². The smallest absolute Gasteiger partial charge is 0.420 e. The minimum Gasteiger partial charge on any atom is -0.507 e. The average molecular weight is 631 g/mol. The summed E-state index contributed by atoms with van der Waals surface area (Å²) in [6.07, 6.45) is -0.703. The number of carbonyl (C=O) groups excluding carboxylic acids is 1. The number of amides is 1. The Hall–Kier alpha value is -4.58. The van der Waals surface area contributed by atoms with Crippen molar-refractivity contribution < 1.29 is 27.8 Å². The second kappa shape index (κ2) is 10.2. The third-order valence-corrected chi connectivity index (χ3v) is 10.0. The van der Waals surface area contributed by atoms with Gasteiger partial charge in [-0.15, -0.1) is 0 Å². The number of phenolic OH excluding ortho intramolecular Hbond substituents is 1. The highest BCUT2D eigenvalue weighted by Gasteiger charge is 2.47. The van der Waals surface area contributed by atoms with E-state index >= 15 is 0 Å². The van der Waals surface area contributed by atoms with Crippen LogP contribution in [-0.2, 0) is 19.8 Å². The fourth-order valence-electron chi connectivity index (χ4n) is 7.52. The van der Waals surface area contributed by atoms with Gasteiger partial charge in [0.25, 0.3) is 5.91 Å². The van der Waals surface area contributed by atoms with Crippen molar-refractivity contribution in [3.05, 3.63) is 59.7 Å². The number of aromatic hydroxyl groups is 1. The van der Waals surface area contributed by atoms with Crippen LogP contribution >= 0.6 is 0 Å². The third kappa shape index (κ3) is 4.44. The molecule has 3 fully saturated rings. The summed E-state index contributed by atoms with van der Waals surface area (Å²) in [6.45, 7) is 1.28. The molecule has 3 aliphatic rings. The van der Waals surface area contributed by atoms with Gasteiger partial charge in [0.15, 0.2) is 5.82 Å². The number of piperidine rings is 1. The van der Waals surface area contributed by atoms with Gasteiger partial charge < -0.3 is 29.6 Å². The molecular weight excluding hydrogens is 597 g/mol. The van der Waals surface area contributed by atoms with Crippen molar-refractivity contribution in [3.8, 4) is 34.3 Å². The maximum Gasteiger partial charge on any atom is 0.420 e. The van der Waals surface area contributed by atoms with E-state index in [1.807, 2.05) is 27.1 Å². The number of carbonyl (C=O) groups is 1. The number of phenols is 1. The van der Waals surface area contributed by atoms with Crippen LogP contribution in [0.25, 0.3) is 44.8 Å². The largest absolute Gasteiger partial charge is 0.507 e. The molecule has 0 radical (unpaired) electrons. The summed E-state index contributed by atoms with van der Waals surface area (Å²) in [5.41, 5.74) is 8.30. The highest BCUT2D eigenvalue weighted by molar-refractivity contribution is 6.00. The average Bonchev–Trinajstić information content (AvgIpc) is 3.43. The number of ether oxygens (including phenoxy) is 1. The van der Waals surface area contributed by atoms with Crippen molar-refractivity contribution in [1.29, 1.82) is 0 Å². The molecule has 2 unspecified atom stereocenters. The maximum absolute atomic E-state index is 14.0. The highest BCUT2D eigenvalue weighted by Crippen LogP contribution is 2.44. The summed E-state index contributed by atoms with van der Waals surface area (Å²) in [5.74, 6) is 0.962. The molecule has 3 atom stereocenters. The Morgan fingerprint density at radius 1 is 1.09 bits per heavy atom. The van der Waals surface area contributed by atoms with Gasteiger partial charge in [0.2, 0.25) is 0 Å². The number of imidazole rings is 1. The Morgan fingerprint density at radius 2 is 1.89 bits per heavy atom. The van der Waals surface area contributed by atoms with E-state index in [1.165, 1.54) is 12.1 Å². The summed E-state index contributed by atoms with van der Waals surface area (Å²) in [6, 6.07) is 12.6. The number of aromatic nitrogens is 4. The summed E-state index contributed by atoms with van der Waals surface area (Å²) in [4.78, 5) is 25.3. The summed E-state index contributed by atoms with van der Waals surface area (Å²) >= 11 is 0. The van der Waals surface area contributed by atoms with Gasteiger partial charge in [-0.2, -0.15) is 13.2 Å². The predicted molar refractivity (Wildman–Crippen MR) is 166 cm³/mol. The number of rotatable bonds is 6. The maximum atomic E-state index is 14.0. The van der Waals surface area contributed by atoms with Crippen molar-refractivity contribution in [2.24, 2.45) is 24.6 Å². The number of benzene rings is 2. The zero-order valence-electron chi connectivity index (χ0n) is 25.4. The molecule has 1 aliphatic heterocycles. The zero-order valence-corrected chi connectivity index (χ0v) is 25.4. The Labute approximate surface area is 262 Å². The van der Waals surface area contributed by atoms with Crippen LogP contribution < -0.4 is 10.5 Å². The Kier molecular flexibility index (Phi) is 6.41. The first kappa shape index (κ1) is 28.9. The Bertz CT molecular complexity index is 2050. The van der Waals surface area contributed by atoms with Crippen LogP contribution in [0.3, 0.4) is 0 Å². The number of hydrogen-bond acceptors (Lipinski definition) is 6. The number of hydrogen-bond donors (Lipinski definition) is 2. The number of pyridine rings is 1. The molecule has 3 aromatic heterocycles. The quantitative estimate of drug-likeness (QED) is 0.240. The Morgan fingerprint density at radius 3 is 2.57 bits per heavy atom. The van der Waals surface area contributed by atoms with Crippen LogP contribution in [0.15, 0.2) is 48.5 Å². The van der Waals surface area contributed by atoms with E-state index in [2.05, 4.69) is 0 Å². The number of nitrogens with zero attached hydrogens (tertiary/aromatic N) is 5. The molecule has 2 aliphatic carbocycles. The minimum absolute atomic E-state index is 0.00572. The van der Waals surface area contributed by atoms with E-state index in [9.17, 15) is 23.1 Å². The number of halogens is 3. The van der Waals surface area contributed by atoms with Crippen molar-refractivity contribution in [2.45, 2.75) is 50.5 Å². The molecule has 3 N–H and O–H groups in total. The van der Waals surface area contributed by atoms with Gasteiger partial charge >= 0.3 is 6.18 Å². The van der Waals surface area contributed by atoms with Gasteiger partial charge in [0.1, 0.15) is 28.2 Å². The number of likely N-dealkylation sites (tertiary alicyclic amines) is 1. The fraction of sp³-hybridized carbons (Fsp3) is 0.382. The topological polar surface area (TPSA) is 111 Å². The van der Waals surface area contributed by atoms with Crippen molar-refractivity contribution >= 4 is 28.0 Å². The predicted octanol–water partition coefficient (Wildman–Crippen LogP) is 5.96. The second-order valence-corrected chi connectivity index (χ2v) is 12.9. The van der Waals surface area contributed by atoms with E-state index < -0.39 is 17.5 Å². The number of nitrogens with two attached hydrogens (primary N) is 1. The van der Waals surface area contributed by atoms with Crippen molar-refractivity contribution in [1.82, 2.24) is 24.0 Å². The first-order valence-corrected chi connectivity index (χ1v) is 15.5. The van der Waals surface area contributed by atoms with E-state index in [0.29, 0.717) is 53.2 Å². The lowest BCUT2D eigenvalue weighted by Crippen LogP contribution is -2.41. The first-order valence-electron chi connectivity index (χ1n) is 15.5. The summed E-state index contributed by atoms with van der Waals surface area (Å²) < 4.78 is 51.7. The lowest BCUT2D eigenvalue weighted by atomic mass is 10.0. The zero-order chi connectivity index (χ0) is 32.1. The van der Waals surface area contributed by atoms with E-state index in [0.717, 1.165) is 48.3 Å². The number of aryl methyl sites for hydroxylation is 1. The molecule has 5 aromatic rings. The molecule has 2 aromatic carbocycles. The third-order valence-electron chi connectivity index (χ3n) is 10.0. The normalized spacial score (nSPS) is 21.2. The van der Waals surface area contributed by atoms with Crippen molar-refractivity contribution in [2.75, 3.05) is 13.7 Å². The number of methoxy groups -OCH3 is 1. The van der Waals surface area contributed by atoms with Crippen LogP contribution in [0.4, 0.5) is 13.2 Å². The lowest BCUT2D eigenvalue weighted by molar-refractivity contribution is -0.138. The second-order valence-electron chi connectivity index (χ2n) is 12.9. The van der Waals surface area contributed by atoms with Gasteiger partial charge in [-0.3, -0.25) is 4.79 Å². The molecule has 2 saturated carbocycles. The molecule has 0 spiro atoms. The molecule has 238 valence electrons. The monoisotopic (exact) mass is 630 g/mol. The van der Waals surface area contributed by atoms with Gasteiger partial charge in [-0.05, 0) is 73.9 Å². The lowest BCUT2D eigenvalue weighted by Gasteiger charge is -2.27. The molecule has 1 saturated heterocycles. The summed E-state index contributed by atoms with van der Waals surface area (Å²) in [5, 5.41) is 10.9. The summed E-state index contributed by atoms with van der Waals surface area (Å²) in [7, 11) is 3.45. The molecule has 1 amide bonds. The standard InChI is InChI=1S/C34H33F3N6O3/c1-41-30-23(12-20(14-27(30)46-2)33(45)43-16-19-9-11-24(43)29(19)38)40-32(41)25-13-18-8-10-22(39-31(18)42(25)15-17-6-7-17)21-4-3-5-26(44)28(21)34(35,36)37/h3-5,8,10,12-14,17,19,24,29,44H,6-7,9,11,15-16,38H2,1-2H3/t19?,24?,29-/m1/s1. The molecule has 2 bridgehead atoms. The Balaban J connectivity index is 1.25. The molecule has 9 nitrogen and oxygen atoms in total. The van der Waals surface area contributed by atoms with E-state index in [1.54, 1.807) is 31.4 Å². The van der Waals surface area contributed by atoms with Gasteiger partial charge in [-0.25, -0.2) is 9.97 Å². The van der Waals surface area contributed by atoms with Gasteiger partial charge in [-0.1, -0.05) is 12.1 Å². The van der Waals surface area contributed by atoms with Crippen LogP contribution in [0.1, 0.15) is 41.6 Å². The molecule has 12 heteroatoms. The first-order chi connectivity index (χ1) is 22.0. The van der Waals surface area contributed by atoms with Crippen LogP contribution in [0, 0.1) is 11.8 Å². The number of fused-ring (bicyclic) bond motifs is 4. The van der Waals surface area contributed by atoms with Crippen molar-refractivity contribution in [3.63, 3.8) is 0 Å². The van der Waals surface area contributed by atoms with Gasteiger partial charge in [0, 0.05) is 48.7 Å². The minimum atomic E-state index is -4.76. The van der Waals surface area contributed by atoms with E-state index in [4.69, 9.17) is 20.4 Å². The molecule has 46 heavy (non-hydrogen) atoms.